The van der Waals surface area contributed by atoms with E-state index in [1.54, 1.807) is 6.07 Å². The molecule has 0 bridgehead atoms. The van der Waals surface area contributed by atoms with Crippen molar-refractivity contribution in [3.63, 3.8) is 0 Å². The summed E-state index contributed by atoms with van der Waals surface area (Å²) in [5.74, 6) is 0.797. The highest BCUT2D eigenvalue weighted by atomic mass is 16.5. The Kier molecular flexibility index (Phi) is 4.98. The van der Waals surface area contributed by atoms with Gasteiger partial charge in [-0.1, -0.05) is 32.0 Å². The smallest absolute Gasteiger partial charge is 0.287 e. The number of furan rings is 1. The maximum Gasteiger partial charge on any atom is 0.287 e. The number of nitrogens with zero attached hydrogens (tertiary/aromatic N) is 1. The van der Waals surface area contributed by atoms with Gasteiger partial charge in [0.2, 0.25) is 0 Å². The Morgan fingerprint density at radius 2 is 2.22 bits per heavy atom. The number of hydrogen-bond acceptors (Lipinski definition) is 4. The van der Waals surface area contributed by atoms with Crippen molar-refractivity contribution >= 4 is 16.9 Å². The van der Waals surface area contributed by atoms with Crippen LogP contribution in [-0.4, -0.2) is 49.7 Å². The minimum atomic E-state index is -0.189. The van der Waals surface area contributed by atoms with Crippen LogP contribution in [0.3, 0.4) is 0 Å². The molecule has 1 aromatic carbocycles. The van der Waals surface area contributed by atoms with Gasteiger partial charge in [0.15, 0.2) is 5.76 Å². The van der Waals surface area contributed by atoms with Crippen LogP contribution in [0.5, 0.6) is 0 Å². The third kappa shape index (κ3) is 4.12. The second-order valence-corrected chi connectivity index (χ2v) is 6.50. The highest BCUT2D eigenvalue weighted by Crippen LogP contribution is 2.18. The van der Waals surface area contributed by atoms with Crippen molar-refractivity contribution in [2.75, 3.05) is 32.8 Å². The molecule has 5 heteroatoms. The van der Waals surface area contributed by atoms with E-state index >= 15 is 0 Å². The molecule has 0 saturated carbocycles. The largest absolute Gasteiger partial charge is 0.451 e. The summed E-state index contributed by atoms with van der Waals surface area (Å²) in [6.07, 6.45) is 0.0378. The lowest BCUT2D eigenvalue weighted by Crippen LogP contribution is -2.48. The Morgan fingerprint density at radius 3 is 3.00 bits per heavy atom. The average molecular weight is 316 g/mol. The van der Waals surface area contributed by atoms with Gasteiger partial charge in [0, 0.05) is 31.6 Å². The van der Waals surface area contributed by atoms with E-state index in [1.165, 1.54) is 0 Å². The summed E-state index contributed by atoms with van der Waals surface area (Å²) in [5, 5.41) is 3.86. The molecule has 5 nitrogen and oxygen atoms in total. The quantitative estimate of drug-likeness (QED) is 0.921. The van der Waals surface area contributed by atoms with Crippen LogP contribution < -0.4 is 5.32 Å². The average Bonchev–Trinajstić information content (AvgIpc) is 2.96. The molecule has 1 aliphatic heterocycles. The van der Waals surface area contributed by atoms with Crippen molar-refractivity contribution in [2.45, 2.75) is 20.0 Å². The predicted octanol–water partition coefficient (Wildman–Crippen LogP) is 2.52. The number of hydrogen-bond donors (Lipinski definition) is 1. The molecule has 1 amide bonds. The molecule has 2 heterocycles. The monoisotopic (exact) mass is 316 g/mol. The van der Waals surface area contributed by atoms with Gasteiger partial charge in [-0.15, -0.1) is 0 Å². The van der Waals surface area contributed by atoms with E-state index in [0.717, 1.165) is 37.2 Å². The van der Waals surface area contributed by atoms with Gasteiger partial charge >= 0.3 is 0 Å². The highest BCUT2D eigenvalue weighted by molar-refractivity contribution is 5.96. The van der Waals surface area contributed by atoms with Gasteiger partial charge in [-0.25, -0.2) is 0 Å². The lowest BCUT2D eigenvalue weighted by molar-refractivity contribution is -0.0296. The number of fused-ring (bicyclic) bond motifs is 1. The molecule has 23 heavy (non-hydrogen) atoms. The van der Waals surface area contributed by atoms with Crippen LogP contribution in [0.4, 0.5) is 0 Å². The van der Waals surface area contributed by atoms with Crippen LogP contribution in [0.1, 0.15) is 24.4 Å². The molecule has 1 fully saturated rings. The first-order valence-electron chi connectivity index (χ1n) is 8.22. The summed E-state index contributed by atoms with van der Waals surface area (Å²) in [7, 11) is 0. The van der Waals surface area contributed by atoms with Gasteiger partial charge < -0.3 is 14.5 Å². The van der Waals surface area contributed by atoms with Gasteiger partial charge in [-0.3, -0.25) is 9.69 Å². The number of para-hydroxylation sites is 1. The van der Waals surface area contributed by atoms with Crippen molar-refractivity contribution in [2.24, 2.45) is 5.92 Å². The summed E-state index contributed by atoms with van der Waals surface area (Å²) < 4.78 is 11.3. The van der Waals surface area contributed by atoms with Crippen molar-refractivity contribution in [1.82, 2.24) is 10.2 Å². The maximum atomic E-state index is 12.2. The number of morpholine rings is 1. The number of carbonyl (C=O) groups excluding carboxylic acids is 1. The fourth-order valence-corrected chi connectivity index (χ4v) is 2.97. The van der Waals surface area contributed by atoms with Gasteiger partial charge in [0.1, 0.15) is 5.58 Å². The number of rotatable bonds is 5. The molecular formula is C18H24N2O3. The van der Waals surface area contributed by atoms with Crippen LogP contribution in [-0.2, 0) is 4.74 Å². The number of ether oxygens (including phenoxy) is 1. The van der Waals surface area contributed by atoms with E-state index < -0.39 is 0 Å². The van der Waals surface area contributed by atoms with Crippen LogP contribution in [0.15, 0.2) is 34.7 Å². The van der Waals surface area contributed by atoms with Gasteiger partial charge in [0.05, 0.1) is 12.7 Å². The van der Waals surface area contributed by atoms with E-state index in [-0.39, 0.29) is 12.0 Å². The SMILES string of the molecule is CC(C)CN1CCOC(CNC(=O)c2cc3ccccc3o2)C1. The van der Waals surface area contributed by atoms with Crippen LogP contribution >= 0.6 is 0 Å². The zero-order chi connectivity index (χ0) is 16.2. The Balaban J connectivity index is 1.54. The number of amides is 1. The first kappa shape index (κ1) is 16.0. The van der Waals surface area contributed by atoms with E-state index in [4.69, 9.17) is 9.15 Å². The highest BCUT2D eigenvalue weighted by Gasteiger charge is 2.22. The second-order valence-electron chi connectivity index (χ2n) is 6.50. The van der Waals surface area contributed by atoms with Gasteiger partial charge in [0.25, 0.3) is 5.91 Å². The zero-order valence-corrected chi connectivity index (χ0v) is 13.7. The Bertz CT molecular complexity index is 632. The summed E-state index contributed by atoms with van der Waals surface area (Å²) >= 11 is 0. The fourth-order valence-electron chi connectivity index (χ4n) is 2.97. The summed E-state index contributed by atoms with van der Waals surface area (Å²) in [5.41, 5.74) is 0.731. The Hall–Kier alpha value is -1.85. The minimum absolute atomic E-state index is 0.0378. The van der Waals surface area contributed by atoms with E-state index in [0.29, 0.717) is 18.2 Å². The molecule has 3 rings (SSSR count). The lowest BCUT2D eigenvalue weighted by atomic mass is 10.2. The van der Waals surface area contributed by atoms with E-state index in [2.05, 4.69) is 24.1 Å². The number of carbonyl (C=O) groups is 1. The Morgan fingerprint density at radius 1 is 1.39 bits per heavy atom. The third-order valence-electron chi connectivity index (χ3n) is 3.99. The van der Waals surface area contributed by atoms with Crippen molar-refractivity contribution in [3.8, 4) is 0 Å². The molecule has 1 saturated heterocycles. The first-order valence-corrected chi connectivity index (χ1v) is 8.22. The molecule has 0 aliphatic carbocycles. The zero-order valence-electron chi connectivity index (χ0n) is 13.7. The maximum absolute atomic E-state index is 12.2. The van der Waals surface area contributed by atoms with Crippen LogP contribution in [0.2, 0.25) is 0 Å². The molecule has 1 unspecified atom stereocenters. The third-order valence-corrected chi connectivity index (χ3v) is 3.99. The molecule has 1 aliphatic rings. The predicted molar refractivity (Wildman–Crippen MR) is 89.6 cm³/mol. The number of benzene rings is 1. The van der Waals surface area contributed by atoms with Gasteiger partial charge in [-0.2, -0.15) is 0 Å². The fraction of sp³-hybridized carbons (Fsp3) is 0.500. The summed E-state index contributed by atoms with van der Waals surface area (Å²) in [4.78, 5) is 14.6. The lowest BCUT2D eigenvalue weighted by Gasteiger charge is -2.33. The first-order chi connectivity index (χ1) is 11.1. The summed E-state index contributed by atoms with van der Waals surface area (Å²) in [6.45, 7) is 8.55. The molecule has 1 aromatic heterocycles. The van der Waals surface area contributed by atoms with Crippen molar-refractivity contribution < 1.29 is 13.9 Å². The molecular weight excluding hydrogens is 292 g/mol. The summed E-state index contributed by atoms with van der Waals surface area (Å²) in [6, 6.07) is 9.40. The van der Waals surface area contributed by atoms with Crippen LogP contribution in [0, 0.1) is 5.92 Å². The number of nitrogens with one attached hydrogen (secondary N) is 1. The van der Waals surface area contributed by atoms with Crippen molar-refractivity contribution in [1.29, 1.82) is 0 Å². The standard InChI is InChI=1S/C18H24N2O3/c1-13(2)11-20-7-8-22-15(12-20)10-19-18(21)17-9-14-5-3-4-6-16(14)23-17/h3-6,9,13,15H,7-8,10-12H2,1-2H3,(H,19,21). The molecule has 0 radical (unpaired) electrons. The minimum Gasteiger partial charge on any atom is -0.451 e. The van der Waals surface area contributed by atoms with E-state index in [1.807, 2.05) is 24.3 Å². The normalized spacial score (nSPS) is 19.3. The molecule has 1 atom stereocenters. The molecule has 1 N–H and O–H groups in total. The van der Waals surface area contributed by atoms with E-state index in [9.17, 15) is 4.79 Å². The molecule has 0 spiro atoms. The van der Waals surface area contributed by atoms with Crippen LogP contribution in [0.25, 0.3) is 11.0 Å². The topological polar surface area (TPSA) is 54.7 Å². The molecule has 2 aromatic rings. The van der Waals surface area contributed by atoms with Crippen molar-refractivity contribution in [3.05, 3.63) is 36.1 Å². The second kappa shape index (κ2) is 7.15. The van der Waals surface area contributed by atoms with Gasteiger partial charge in [-0.05, 0) is 18.1 Å². The Labute approximate surface area is 136 Å². The molecule has 124 valence electrons.